The van der Waals surface area contributed by atoms with Gasteiger partial charge < -0.3 is 0 Å². The molecule has 0 bridgehead atoms. The highest BCUT2D eigenvalue weighted by atomic mass is 15.4. The summed E-state index contributed by atoms with van der Waals surface area (Å²) >= 11 is 0. The molecule has 3 heteroatoms. The molecule has 7 rings (SSSR count). The lowest BCUT2D eigenvalue weighted by Gasteiger charge is -2.07. The van der Waals surface area contributed by atoms with Gasteiger partial charge in [-0.15, -0.1) is 5.10 Å². The second-order valence-corrected chi connectivity index (χ2v) is 11.2. The summed E-state index contributed by atoms with van der Waals surface area (Å²) < 4.78 is 1.94. The Bertz CT molecular complexity index is 2010. The minimum Gasteiger partial charge on any atom is -0.213 e. The van der Waals surface area contributed by atoms with E-state index in [0.29, 0.717) is 5.82 Å². The Morgan fingerprint density at radius 2 is 0.681 bits per heavy atom. The summed E-state index contributed by atoms with van der Waals surface area (Å²) in [6.07, 6.45) is 12.8. The zero-order valence-corrected chi connectivity index (χ0v) is 25.9. The third-order valence-corrected chi connectivity index (χ3v) is 7.89. The Morgan fingerprint density at radius 1 is 0.340 bits per heavy atom. The molecule has 0 spiro atoms. The van der Waals surface area contributed by atoms with Crippen molar-refractivity contribution < 1.29 is 0 Å². The number of benzene rings is 6. The fourth-order valence-corrected chi connectivity index (χ4v) is 5.28. The molecule has 3 nitrogen and oxygen atoms in total. The van der Waals surface area contributed by atoms with Crippen LogP contribution in [0.1, 0.15) is 33.4 Å². The molecule has 0 aliphatic rings. The molecule has 224 valence electrons. The molecule has 0 unspecified atom stereocenters. The van der Waals surface area contributed by atoms with Crippen LogP contribution >= 0.6 is 0 Å². The minimum atomic E-state index is 0.680. The van der Waals surface area contributed by atoms with E-state index in [2.05, 4.69) is 146 Å². The van der Waals surface area contributed by atoms with Crippen LogP contribution in [0.4, 0.5) is 0 Å². The predicted molar refractivity (Wildman–Crippen MR) is 198 cm³/mol. The Kier molecular flexibility index (Phi) is 8.88. The van der Waals surface area contributed by atoms with E-state index in [1.54, 1.807) is 0 Å². The van der Waals surface area contributed by atoms with Crippen LogP contribution in [0.25, 0.3) is 64.9 Å². The molecule has 0 atom stereocenters. The summed E-state index contributed by atoms with van der Waals surface area (Å²) in [7, 11) is 0. The van der Waals surface area contributed by atoms with E-state index in [-0.39, 0.29) is 0 Å². The number of aromatic nitrogens is 3. The summed E-state index contributed by atoms with van der Waals surface area (Å²) in [6.45, 7) is 0. The number of nitrogens with zero attached hydrogens (tertiary/aromatic N) is 3. The van der Waals surface area contributed by atoms with Crippen LogP contribution in [0.5, 0.6) is 0 Å². The van der Waals surface area contributed by atoms with Crippen LogP contribution in [-0.2, 0) is 0 Å². The topological polar surface area (TPSA) is 30.7 Å². The summed E-state index contributed by atoms with van der Waals surface area (Å²) in [4.78, 5) is 5.07. The lowest BCUT2D eigenvalue weighted by atomic mass is 10.1. The van der Waals surface area contributed by atoms with Gasteiger partial charge >= 0.3 is 0 Å². The Morgan fingerprint density at radius 3 is 1.09 bits per heavy atom. The number of hydrogen-bond acceptors (Lipinski definition) is 2. The molecule has 0 radical (unpaired) electrons. The molecule has 7 aromatic rings. The summed E-state index contributed by atoms with van der Waals surface area (Å²) in [6, 6.07) is 56.3. The lowest BCUT2D eigenvalue weighted by molar-refractivity contribution is 0.890. The molecule has 6 aromatic carbocycles. The van der Waals surface area contributed by atoms with Crippen LogP contribution in [0.2, 0.25) is 0 Å². The molecule has 0 amide bonds. The molecule has 47 heavy (non-hydrogen) atoms. The van der Waals surface area contributed by atoms with Gasteiger partial charge in [0.1, 0.15) is 0 Å². The molecule has 1 heterocycles. The third kappa shape index (κ3) is 7.50. The number of rotatable bonds is 9. The van der Waals surface area contributed by atoms with E-state index in [1.165, 1.54) is 16.7 Å². The molecule has 0 aliphatic carbocycles. The Labute approximate surface area is 276 Å². The largest absolute Gasteiger partial charge is 0.213 e. The van der Waals surface area contributed by atoms with Crippen LogP contribution in [0, 0.1) is 0 Å². The average molecular weight is 604 g/mol. The molecule has 0 aliphatic heterocycles. The van der Waals surface area contributed by atoms with E-state index in [0.717, 1.165) is 39.3 Å². The van der Waals surface area contributed by atoms with Gasteiger partial charge in [-0.05, 0) is 45.5 Å². The normalized spacial score (nSPS) is 11.6. The van der Waals surface area contributed by atoms with E-state index in [4.69, 9.17) is 10.1 Å². The van der Waals surface area contributed by atoms with Gasteiger partial charge in [0.2, 0.25) is 0 Å². The standard InChI is InChI=1S/C44H33N3/c1-4-10-34(11-5-1)16-19-37-22-28-40(29-23-37)43-45-44(41-30-24-38(25-31-41)20-17-35-12-6-2-7-13-35)47(46-43)42-32-26-39(27-33-42)21-18-36-14-8-3-9-15-36/h1-33H. The third-order valence-electron chi connectivity index (χ3n) is 7.89. The van der Waals surface area contributed by atoms with Crippen LogP contribution < -0.4 is 0 Å². The maximum absolute atomic E-state index is 5.07. The first-order valence-corrected chi connectivity index (χ1v) is 15.7. The van der Waals surface area contributed by atoms with E-state index < -0.39 is 0 Å². The molecule has 0 fully saturated rings. The summed E-state index contributed by atoms with van der Waals surface area (Å²) in [5, 5.41) is 5.03. The van der Waals surface area contributed by atoms with Crippen molar-refractivity contribution >= 4 is 36.5 Å². The lowest BCUT2D eigenvalue weighted by Crippen LogP contribution is -1.99. The van der Waals surface area contributed by atoms with Crippen molar-refractivity contribution in [2.24, 2.45) is 0 Å². The van der Waals surface area contributed by atoms with Gasteiger partial charge in [-0.2, -0.15) is 0 Å². The molecule has 1 aromatic heterocycles. The van der Waals surface area contributed by atoms with Crippen LogP contribution in [0.3, 0.4) is 0 Å². The number of hydrogen-bond donors (Lipinski definition) is 0. The molecule has 0 saturated carbocycles. The molecular weight excluding hydrogens is 571 g/mol. The second kappa shape index (κ2) is 14.2. The molecule has 0 saturated heterocycles. The maximum atomic E-state index is 5.07. The van der Waals surface area contributed by atoms with Crippen LogP contribution in [-0.4, -0.2) is 14.8 Å². The van der Waals surface area contributed by atoms with Crippen molar-refractivity contribution in [3.8, 4) is 28.5 Å². The fraction of sp³-hybridized carbons (Fsp3) is 0. The SMILES string of the molecule is C(=Cc1ccc(-c2nc(-c3ccc(C=Cc4ccccc4)cc3)n(-c3ccc(C=Cc4ccccc4)cc3)n2)cc1)c1ccccc1. The van der Waals surface area contributed by atoms with E-state index in [1.807, 2.05) is 59.3 Å². The van der Waals surface area contributed by atoms with Crippen LogP contribution in [0.15, 0.2) is 164 Å². The zero-order valence-electron chi connectivity index (χ0n) is 25.9. The highest BCUT2D eigenvalue weighted by Gasteiger charge is 2.15. The Balaban J connectivity index is 1.19. The average Bonchev–Trinajstić information content (AvgIpc) is 3.60. The van der Waals surface area contributed by atoms with Crippen molar-refractivity contribution in [1.82, 2.24) is 14.8 Å². The van der Waals surface area contributed by atoms with Crippen molar-refractivity contribution in [2.45, 2.75) is 0 Å². The zero-order chi connectivity index (χ0) is 31.7. The Hall–Kier alpha value is -6.32. The van der Waals surface area contributed by atoms with Gasteiger partial charge in [-0.25, -0.2) is 9.67 Å². The fourth-order valence-electron chi connectivity index (χ4n) is 5.28. The van der Waals surface area contributed by atoms with Crippen molar-refractivity contribution in [1.29, 1.82) is 0 Å². The summed E-state index contributed by atoms with van der Waals surface area (Å²) in [5.41, 5.74) is 9.79. The van der Waals surface area contributed by atoms with Crippen molar-refractivity contribution in [3.63, 3.8) is 0 Å². The highest BCUT2D eigenvalue weighted by Crippen LogP contribution is 2.27. The quantitative estimate of drug-likeness (QED) is 0.154. The van der Waals surface area contributed by atoms with Crippen molar-refractivity contribution in [3.05, 3.63) is 197 Å². The van der Waals surface area contributed by atoms with Crippen molar-refractivity contribution in [2.75, 3.05) is 0 Å². The maximum Gasteiger partial charge on any atom is 0.182 e. The van der Waals surface area contributed by atoms with E-state index in [9.17, 15) is 0 Å². The van der Waals surface area contributed by atoms with E-state index >= 15 is 0 Å². The molecule has 0 N–H and O–H groups in total. The van der Waals surface area contributed by atoms with Gasteiger partial charge in [0.25, 0.3) is 0 Å². The monoisotopic (exact) mass is 603 g/mol. The molecular formula is C44H33N3. The van der Waals surface area contributed by atoms with Gasteiger partial charge in [0.05, 0.1) is 5.69 Å². The van der Waals surface area contributed by atoms with Gasteiger partial charge in [0.15, 0.2) is 11.6 Å². The first-order valence-electron chi connectivity index (χ1n) is 15.7. The van der Waals surface area contributed by atoms with Gasteiger partial charge in [-0.1, -0.05) is 188 Å². The summed E-state index contributed by atoms with van der Waals surface area (Å²) in [5.74, 6) is 1.47. The highest BCUT2D eigenvalue weighted by molar-refractivity contribution is 5.74. The smallest absolute Gasteiger partial charge is 0.182 e. The minimum absolute atomic E-state index is 0.680. The predicted octanol–water partition coefficient (Wildman–Crippen LogP) is 11.1. The first kappa shape index (κ1) is 29.4. The van der Waals surface area contributed by atoms with Gasteiger partial charge in [0, 0.05) is 11.1 Å². The first-order chi connectivity index (χ1) is 23.3. The van der Waals surface area contributed by atoms with Gasteiger partial charge in [-0.3, -0.25) is 0 Å². The second-order valence-electron chi connectivity index (χ2n) is 11.2.